The first-order valence-corrected chi connectivity index (χ1v) is 9.23. The van der Waals surface area contributed by atoms with Crippen molar-refractivity contribution < 1.29 is 13.2 Å². The van der Waals surface area contributed by atoms with Gasteiger partial charge in [-0.15, -0.1) is 0 Å². The fraction of sp³-hybridized carbons (Fsp3) is 0.267. The van der Waals surface area contributed by atoms with Crippen molar-refractivity contribution in [3.8, 4) is 5.75 Å². The van der Waals surface area contributed by atoms with Crippen molar-refractivity contribution in [2.24, 2.45) is 0 Å². The molecule has 1 N–H and O–H groups in total. The van der Waals surface area contributed by atoms with Crippen LogP contribution in [-0.4, -0.2) is 20.0 Å². The Morgan fingerprint density at radius 3 is 2.52 bits per heavy atom. The average Bonchev–Trinajstić information content (AvgIpc) is 2.51. The topological polar surface area (TPSA) is 68.3 Å². The van der Waals surface area contributed by atoms with E-state index in [-0.39, 0.29) is 15.1 Å². The van der Waals surface area contributed by atoms with Gasteiger partial charge in [0.25, 0.3) is 10.0 Å². The van der Waals surface area contributed by atoms with Gasteiger partial charge >= 0.3 is 0 Å². The Morgan fingerprint density at radius 2 is 1.91 bits per heavy atom. The smallest absolute Gasteiger partial charge is 0.263 e. The Hall–Kier alpha value is -1.50. The molecule has 0 aliphatic carbocycles. The summed E-state index contributed by atoms with van der Waals surface area (Å²) in [6, 6.07) is 7.93. The number of hydrogen-bond acceptors (Lipinski definition) is 4. The van der Waals surface area contributed by atoms with Gasteiger partial charge in [-0.3, -0.25) is 4.72 Å². The van der Waals surface area contributed by atoms with Crippen LogP contribution in [0.4, 0.5) is 5.69 Å². The first-order chi connectivity index (χ1) is 10.9. The van der Waals surface area contributed by atoms with E-state index in [1.165, 1.54) is 6.07 Å². The monoisotopic (exact) mass is 374 g/mol. The molecule has 0 atom stereocenters. The predicted molar refractivity (Wildman–Crippen MR) is 91.9 cm³/mol. The fourth-order valence-electron chi connectivity index (χ4n) is 1.72. The van der Waals surface area contributed by atoms with Crippen LogP contribution < -0.4 is 9.46 Å². The van der Waals surface area contributed by atoms with E-state index in [0.717, 1.165) is 19.0 Å². The zero-order chi connectivity index (χ0) is 16.9. The van der Waals surface area contributed by atoms with Crippen molar-refractivity contribution in [1.29, 1.82) is 0 Å². The van der Waals surface area contributed by atoms with Crippen LogP contribution in [0.15, 0.2) is 41.4 Å². The third-order valence-corrected chi connectivity index (χ3v) is 4.99. The summed E-state index contributed by atoms with van der Waals surface area (Å²) in [6.07, 6.45) is 3.17. The third-order valence-electron chi connectivity index (χ3n) is 2.95. The summed E-state index contributed by atoms with van der Waals surface area (Å²) in [4.78, 5) is 3.68. The van der Waals surface area contributed by atoms with Crippen molar-refractivity contribution >= 4 is 38.9 Å². The largest absolute Gasteiger partial charge is 0.494 e. The summed E-state index contributed by atoms with van der Waals surface area (Å²) < 4.78 is 32.5. The SMILES string of the molecule is CCCCOc1ccc(NS(=O)(=O)c2cnc(Cl)c(Cl)c2)cc1. The fourth-order valence-corrected chi connectivity index (χ4v) is 3.08. The number of ether oxygens (including phenoxy) is 1. The molecule has 0 fully saturated rings. The van der Waals surface area contributed by atoms with Crippen LogP contribution in [0, 0.1) is 0 Å². The summed E-state index contributed by atoms with van der Waals surface area (Å²) in [6.45, 7) is 2.72. The number of halogens is 2. The van der Waals surface area contributed by atoms with E-state index < -0.39 is 10.0 Å². The van der Waals surface area contributed by atoms with E-state index in [9.17, 15) is 8.42 Å². The Bertz CT molecular complexity index is 765. The molecule has 2 rings (SSSR count). The minimum Gasteiger partial charge on any atom is -0.494 e. The molecule has 124 valence electrons. The van der Waals surface area contributed by atoms with Gasteiger partial charge in [0, 0.05) is 11.9 Å². The number of unbranched alkanes of at least 4 members (excludes halogenated alkanes) is 1. The van der Waals surface area contributed by atoms with Gasteiger partial charge in [0.05, 0.1) is 11.6 Å². The molecule has 0 aliphatic rings. The lowest BCUT2D eigenvalue weighted by Crippen LogP contribution is -2.13. The van der Waals surface area contributed by atoms with E-state index in [4.69, 9.17) is 27.9 Å². The van der Waals surface area contributed by atoms with Gasteiger partial charge in [-0.2, -0.15) is 0 Å². The average molecular weight is 375 g/mol. The molecule has 0 unspecified atom stereocenters. The third kappa shape index (κ3) is 4.99. The molecule has 0 bridgehead atoms. The number of nitrogens with zero attached hydrogens (tertiary/aromatic N) is 1. The maximum absolute atomic E-state index is 12.3. The Labute approximate surface area is 145 Å². The molecular weight excluding hydrogens is 359 g/mol. The molecule has 0 spiro atoms. The van der Waals surface area contributed by atoms with E-state index in [0.29, 0.717) is 18.0 Å². The minimum absolute atomic E-state index is 0.0548. The van der Waals surface area contributed by atoms with Gasteiger partial charge in [-0.05, 0) is 36.8 Å². The zero-order valence-electron chi connectivity index (χ0n) is 12.4. The molecule has 1 aromatic heterocycles. The number of benzene rings is 1. The summed E-state index contributed by atoms with van der Waals surface area (Å²) in [5, 5.41) is 0.133. The quantitative estimate of drug-likeness (QED) is 0.577. The van der Waals surface area contributed by atoms with Crippen LogP contribution in [0.1, 0.15) is 19.8 Å². The van der Waals surface area contributed by atoms with Crippen LogP contribution in [0.2, 0.25) is 10.2 Å². The number of anilines is 1. The second-order valence-corrected chi connectivity index (χ2v) is 7.22. The molecule has 23 heavy (non-hydrogen) atoms. The second-order valence-electron chi connectivity index (χ2n) is 4.78. The molecule has 1 heterocycles. The molecule has 0 saturated carbocycles. The lowest BCUT2D eigenvalue weighted by molar-refractivity contribution is 0.309. The highest BCUT2D eigenvalue weighted by molar-refractivity contribution is 7.92. The van der Waals surface area contributed by atoms with Crippen molar-refractivity contribution in [2.75, 3.05) is 11.3 Å². The number of nitrogens with one attached hydrogen (secondary N) is 1. The van der Waals surface area contributed by atoms with Crippen molar-refractivity contribution in [3.05, 3.63) is 46.7 Å². The predicted octanol–water partition coefficient (Wildman–Crippen LogP) is 4.37. The van der Waals surface area contributed by atoms with Gasteiger partial charge in [-0.1, -0.05) is 36.5 Å². The molecule has 2 aromatic rings. The van der Waals surface area contributed by atoms with Crippen LogP contribution in [0.25, 0.3) is 0 Å². The minimum atomic E-state index is -3.78. The van der Waals surface area contributed by atoms with E-state index in [1.807, 2.05) is 0 Å². The van der Waals surface area contributed by atoms with Gasteiger partial charge in [0.2, 0.25) is 0 Å². The standard InChI is InChI=1S/C15H16Cl2N2O3S/c1-2-3-8-22-12-6-4-11(5-7-12)19-23(20,21)13-9-14(16)15(17)18-10-13/h4-7,9-10,19H,2-3,8H2,1H3. The highest BCUT2D eigenvalue weighted by Gasteiger charge is 2.16. The summed E-state index contributed by atoms with van der Waals surface area (Å²) in [5.74, 6) is 0.692. The van der Waals surface area contributed by atoms with Gasteiger partial charge < -0.3 is 4.74 Å². The van der Waals surface area contributed by atoms with Crippen LogP contribution >= 0.6 is 23.2 Å². The normalized spacial score (nSPS) is 11.3. The van der Waals surface area contributed by atoms with E-state index in [1.54, 1.807) is 24.3 Å². The summed E-state index contributed by atoms with van der Waals surface area (Å²) in [5.41, 5.74) is 0.416. The van der Waals surface area contributed by atoms with Gasteiger partial charge in [0.15, 0.2) is 0 Å². The van der Waals surface area contributed by atoms with Crippen molar-refractivity contribution in [1.82, 2.24) is 4.98 Å². The molecule has 0 amide bonds. The van der Waals surface area contributed by atoms with Crippen molar-refractivity contribution in [2.45, 2.75) is 24.7 Å². The maximum atomic E-state index is 12.3. The van der Waals surface area contributed by atoms with Crippen LogP contribution in [0.5, 0.6) is 5.75 Å². The Kier molecular flexibility index (Phi) is 6.10. The van der Waals surface area contributed by atoms with Gasteiger partial charge in [0.1, 0.15) is 15.8 Å². The molecule has 0 aliphatic heterocycles. The second kappa shape index (κ2) is 7.86. The first kappa shape index (κ1) is 17.8. The highest BCUT2D eigenvalue weighted by atomic mass is 35.5. The molecule has 8 heteroatoms. The molecular formula is C15H16Cl2N2O3S. The Balaban J connectivity index is 2.09. The highest BCUT2D eigenvalue weighted by Crippen LogP contribution is 2.24. The number of rotatable bonds is 7. The first-order valence-electron chi connectivity index (χ1n) is 6.99. The zero-order valence-corrected chi connectivity index (χ0v) is 14.7. The van der Waals surface area contributed by atoms with E-state index >= 15 is 0 Å². The lowest BCUT2D eigenvalue weighted by atomic mass is 10.3. The van der Waals surface area contributed by atoms with Crippen LogP contribution in [-0.2, 0) is 10.0 Å². The lowest BCUT2D eigenvalue weighted by Gasteiger charge is -2.10. The number of hydrogen-bond donors (Lipinski definition) is 1. The van der Waals surface area contributed by atoms with E-state index in [2.05, 4.69) is 16.6 Å². The van der Waals surface area contributed by atoms with Crippen LogP contribution in [0.3, 0.4) is 0 Å². The molecule has 0 radical (unpaired) electrons. The molecule has 0 saturated heterocycles. The van der Waals surface area contributed by atoms with Crippen molar-refractivity contribution in [3.63, 3.8) is 0 Å². The Morgan fingerprint density at radius 1 is 1.22 bits per heavy atom. The molecule has 5 nitrogen and oxygen atoms in total. The summed E-state index contributed by atoms with van der Waals surface area (Å²) in [7, 11) is -3.78. The maximum Gasteiger partial charge on any atom is 0.263 e. The van der Waals surface area contributed by atoms with Gasteiger partial charge in [-0.25, -0.2) is 13.4 Å². The number of aromatic nitrogens is 1. The number of sulfonamides is 1. The molecule has 1 aromatic carbocycles. The summed E-state index contributed by atoms with van der Waals surface area (Å²) >= 11 is 11.5. The number of pyridine rings is 1.